The number of carbonyl (C=O) groups excluding carboxylic acids is 1. The Bertz CT molecular complexity index is 921. The molecular weight excluding hydrogens is 348 g/mol. The third-order valence-electron chi connectivity index (χ3n) is 4.13. The van der Waals surface area contributed by atoms with Gasteiger partial charge in [0, 0.05) is 34.6 Å². The van der Waals surface area contributed by atoms with Gasteiger partial charge in [0.2, 0.25) is 5.91 Å². The molecule has 2 aromatic carbocycles. The minimum Gasteiger partial charge on any atom is -0.497 e. The average molecular weight is 370 g/mol. The van der Waals surface area contributed by atoms with Gasteiger partial charge < -0.3 is 19.4 Å². The lowest BCUT2D eigenvalue weighted by Gasteiger charge is -2.11. The predicted molar refractivity (Wildman–Crippen MR) is 107 cm³/mol. The summed E-state index contributed by atoms with van der Waals surface area (Å²) in [5.74, 6) is 1.50. The summed E-state index contributed by atoms with van der Waals surface area (Å²) in [7, 11) is 3.17. The highest BCUT2D eigenvalue weighted by Gasteiger charge is 2.12. The molecule has 1 amide bonds. The molecule has 0 spiro atoms. The Hall–Kier alpha value is -2.60. The third kappa shape index (κ3) is 3.80. The van der Waals surface area contributed by atoms with Crippen molar-refractivity contribution in [3.63, 3.8) is 0 Å². The zero-order chi connectivity index (χ0) is 18.5. The van der Waals surface area contributed by atoms with Crippen molar-refractivity contribution in [1.29, 1.82) is 0 Å². The van der Waals surface area contributed by atoms with Crippen molar-refractivity contribution >= 4 is 34.3 Å². The lowest BCUT2D eigenvalue weighted by Crippen LogP contribution is -2.14. The highest BCUT2D eigenvalue weighted by molar-refractivity contribution is 8.00. The van der Waals surface area contributed by atoms with Gasteiger partial charge in [-0.1, -0.05) is 18.2 Å². The number of methoxy groups -OCH3 is 2. The summed E-state index contributed by atoms with van der Waals surface area (Å²) in [4.78, 5) is 13.5. The molecule has 0 saturated heterocycles. The Kier molecular flexibility index (Phi) is 5.73. The Labute approximate surface area is 157 Å². The minimum atomic E-state index is -0.0881. The highest BCUT2D eigenvalue weighted by Crippen LogP contribution is 2.31. The largest absolute Gasteiger partial charge is 0.497 e. The molecule has 1 N–H and O–H groups in total. The first-order chi connectivity index (χ1) is 12.7. The highest BCUT2D eigenvalue weighted by atomic mass is 32.2. The van der Waals surface area contributed by atoms with Gasteiger partial charge >= 0.3 is 0 Å². The average Bonchev–Trinajstić information content (AvgIpc) is 3.04. The standard InChI is InChI=1S/C20H22N2O3S/c1-4-22-12-19(15-7-5-6-8-17(15)22)26-13-20(23)21-16-11-14(24-2)9-10-18(16)25-3/h5-12H,4,13H2,1-3H3,(H,21,23). The van der Waals surface area contributed by atoms with E-state index in [9.17, 15) is 4.79 Å². The fourth-order valence-electron chi connectivity index (χ4n) is 2.83. The molecule has 0 saturated carbocycles. The van der Waals surface area contributed by atoms with Gasteiger partial charge in [-0.2, -0.15) is 0 Å². The van der Waals surface area contributed by atoms with Crippen molar-refractivity contribution < 1.29 is 14.3 Å². The Morgan fingerprint density at radius 1 is 1.15 bits per heavy atom. The molecule has 5 nitrogen and oxygen atoms in total. The van der Waals surface area contributed by atoms with E-state index in [4.69, 9.17) is 9.47 Å². The molecule has 0 aliphatic rings. The number of aromatic nitrogens is 1. The molecule has 3 rings (SSSR count). The molecule has 0 bridgehead atoms. The van der Waals surface area contributed by atoms with Crippen molar-refractivity contribution in [1.82, 2.24) is 4.57 Å². The summed E-state index contributed by atoms with van der Waals surface area (Å²) in [5.41, 5.74) is 1.79. The van der Waals surface area contributed by atoms with Gasteiger partial charge in [-0.15, -0.1) is 11.8 Å². The zero-order valence-corrected chi connectivity index (χ0v) is 15.9. The number of aryl methyl sites for hydroxylation is 1. The molecule has 3 aromatic rings. The first-order valence-corrected chi connectivity index (χ1v) is 9.37. The van der Waals surface area contributed by atoms with Crippen molar-refractivity contribution in [2.45, 2.75) is 18.4 Å². The van der Waals surface area contributed by atoms with E-state index >= 15 is 0 Å². The van der Waals surface area contributed by atoms with Gasteiger partial charge in [-0.05, 0) is 25.1 Å². The maximum atomic E-state index is 12.4. The smallest absolute Gasteiger partial charge is 0.234 e. The van der Waals surface area contributed by atoms with E-state index in [-0.39, 0.29) is 5.91 Å². The van der Waals surface area contributed by atoms with E-state index in [1.165, 1.54) is 22.7 Å². The van der Waals surface area contributed by atoms with Crippen LogP contribution >= 0.6 is 11.8 Å². The molecule has 6 heteroatoms. The third-order valence-corrected chi connectivity index (χ3v) is 5.18. The summed E-state index contributed by atoms with van der Waals surface area (Å²) in [6.07, 6.45) is 2.11. The van der Waals surface area contributed by atoms with Crippen molar-refractivity contribution in [3.8, 4) is 11.5 Å². The molecule has 136 valence electrons. The summed E-state index contributed by atoms with van der Waals surface area (Å²) >= 11 is 1.53. The van der Waals surface area contributed by atoms with E-state index in [2.05, 4.69) is 35.1 Å². The Balaban J connectivity index is 1.72. The van der Waals surface area contributed by atoms with Crippen LogP contribution in [0.4, 0.5) is 5.69 Å². The molecule has 26 heavy (non-hydrogen) atoms. The van der Waals surface area contributed by atoms with Crippen LogP contribution in [0.2, 0.25) is 0 Å². The molecule has 0 radical (unpaired) electrons. The molecular formula is C20H22N2O3S. The van der Waals surface area contributed by atoms with Gasteiger partial charge in [-0.25, -0.2) is 0 Å². The molecule has 1 aromatic heterocycles. The number of ether oxygens (including phenoxy) is 2. The van der Waals surface area contributed by atoms with Gasteiger partial charge in [0.1, 0.15) is 11.5 Å². The second-order valence-electron chi connectivity index (χ2n) is 5.70. The lowest BCUT2D eigenvalue weighted by molar-refractivity contribution is -0.113. The van der Waals surface area contributed by atoms with E-state index in [1.54, 1.807) is 32.4 Å². The zero-order valence-electron chi connectivity index (χ0n) is 15.1. The number of hydrogen-bond acceptors (Lipinski definition) is 4. The SMILES string of the molecule is CCn1cc(SCC(=O)Nc2cc(OC)ccc2OC)c2ccccc21. The summed E-state index contributed by atoms with van der Waals surface area (Å²) in [6.45, 7) is 3.01. The normalized spacial score (nSPS) is 10.7. The topological polar surface area (TPSA) is 52.5 Å². The van der Waals surface area contributed by atoms with E-state index in [1.807, 2.05) is 12.1 Å². The second kappa shape index (κ2) is 8.19. The molecule has 0 atom stereocenters. The first kappa shape index (κ1) is 18.2. The number of rotatable bonds is 7. The van der Waals surface area contributed by atoms with Crippen LogP contribution in [-0.4, -0.2) is 30.4 Å². The number of nitrogens with one attached hydrogen (secondary N) is 1. The molecule has 0 aliphatic heterocycles. The van der Waals surface area contributed by atoms with Crippen LogP contribution in [0.15, 0.2) is 53.6 Å². The van der Waals surface area contributed by atoms with Gasteiger partial charge in [0.25, 0.3) is 0 Å². The number of thioether (sulfide) groups is 1. The molecule has 0 fully saturated rings. The maximum absolute atomic E-state index is 12.4. The Morgan fingerprint density at radius 2 is 1.96 bits per heavy atom. The maximum Gasteiger partial charge on any atom is 0.234 e. The summed E-state index contributed by atoms with van der Waals surface area (Å²) in [6, 6.07) is 13.6. The number of benzene rings is 2. The van der Waals surface area contributed by atoms with Crippen molar-refractivity contribution in [3.05, 3.63) is 48.7 Å². The van der Waals surface area contributed by atoms with Crippen LogP contribution in [0.1, 0.15) is 6.92 Å². The van der Waals surface area contributed by atoms with Gasteiger partial charge in [-0.3, -0.25) is 4.79 Å². The number of hydrogen-bond donors (Lipinski definition) is 1. The number of nitrogens with zero attached hydrogens (tertiary/aromatic N) is 1. The van der Waals surface area contributed by atoms with Crippen molar-refractivity contribution in [2.24, 2.45) is 0 Å². The summed E-state index contributed by atoms with van der Waals surface area (Å²) in [5, 5.41) is 4.08. The monoisotopic (exact) mass is 370 g/mol. The molecule has 0 unspecified atom stereocenters. The minimum absolute atomic E-state index is 0.0881. The van der Waals surface area contributed by atoms with Gasteiger partial charge in [0.15, 0.2) is 0 Å². The van der Waals surface area contributed by atoms with Crippen LogP contribution in [0.3, 0.4) is 0 Å². The fraction of sp³-hybridized carbons (Fsp3) is 0.250. The van der Waals surface area contributed by atoms with Crippen LogP contribution in [0.25, 0.3) is 10.9 Å². The van der Waals surface area contributed by atoms with Crippen LogP contribution < -0.4 is 14.8 Å². The van der Waals surface area contributed by atoms with E-state index in [0.29, 0.717) is 22.9 Å². The molecule has 1 heterocycles. The number of anilines is 1. The van der Waals surface area contributed by atoms with Crippen LogP contribution in [0.5, 0.6) is 11.5 Å². The lowest BCUT2D eigenvalue weighted by atomic mass is 10.2. The van der Waals surface area contributed by atoms with E-state index in [0.717, 1.165) is 11.4 Å². The Morgan fingerprint density at radius 3 is 2.69 bits per heavy atom. The number of amides is 1. The van der Waals surface area contributed by atoms with Gasteiger partial charge in [0.05, 0.1) is 25.7 Å². The summed E-state index contributed by atoms with van der Waals surface area (Å²) < 4.78 is 12.7. The van der Waals surface area contributed by atoms with Crippen LogP contribution in [-0.2, 0) is 11.3 Å². The fourth-order valence-corrected chi connectivity index (χ4v) is 3.72. The van der Waals surface area contributed by atoms with E-state index < -0.39 is 0 Å². The van der Waals surface area contributed by atoms with Crippen molar-refractivity contribution in [2.75, 3.05) is 25.3 Å². The number of fused-ring (bicyclic) bond motifs is 1. The predicted octanol–water partition coefficient (Wildman–Crippen LogP) is 4.41. The second-order valence-corrected chi connectivity index (χ2v) is 6.72. The number of carbonyl (C=O) groups is 1. The molecule has 0 aliphatic carbocycles. The first-order valence-electron chi connectivity index (χ1n) is 8.38. The quantitative estimate of drug-likeness (QED) is 0.626. The van der Waals surface area contributed by atoms with Crippen LogP contribution in [0, 0.1) is 0 Å². The number of para-hydroxylation sites is 1.